The summed E-state index contributed by atoms with van der Waals surface area (Å²) >= 11 is 0. The van der Waals surface area contributed by atoms with Gasteiger partial charge in [-0.25, -0.2) is 9.59 Å². The quantitative estimate of drug-likeness (QED) is 0.195. The van der Waals surface area contributed by atoms with Crippen molar-refractivity contribution in [3.63, 3.8) is 0 Å². The van der Waals surface area contributed by atoms with Crippen LogP contribution in [0.5, 0.6) is 0 Å². The molecule has 0 bridgehead atoms. The number of carbonyl (C=O) groups is 2. The molecule has 0 saturated heterocycles. The molecule has 0 aromatic rings. The minimum atomic E-state index is -2.35. The Morgan fingerprint density at radius 3 is 1.96 bits per heavy atom. The summed E-state index contributed by atoms with van der Waals surface area (Å²) in [5.41, 5.74) is 0.796. The van der Waals surface area contributed by atoms with Crippen LogP contribution in [0.25, 0.3) is 0 Å². The van der Waals surface area contributed by atoms with Gasteiger partial charge in [0.1, 0.15) is 0 Å². The molecule has 26 heavy (non-hydrogen) atoms. The molecule has 7 heteroatoms. The molecular weight excluding hydrogens is 352 g/mol. The van der Waals surface area contributed by atoms with E-state index in [-0.39, 0.29) is 18.0 Å². The molecule has 0 rings (SSSR count). The van der Waals surface area contributed by atoms with E-state index in [0.717, 1.165) is 12.5 Å². The molecule has 0 aliphatic heterocycles. The molecule has 0 aromatic heterocycles. The van der Waals surface area contributed by atoms with Gasteiger partial charge < -0.3 is 18.3 Å². The summed E-state index contributed by atoms with van der Waals surface area (Å²) in [5.74, 6) is -0.736. The van der Waals surface area contributed by atoms with Crippen molar-refractivity contribution in [1.29, 1.82) is 0 Å². The molecule has 0 heterocycles. The third-order valence-electron chi connectivity index (χ3n) is 3.59. The molecule has 0 N–H and O–H groups in total. The maximum atomic E-state index is 11.4. The number of carbonyl (C=O) groups excluding carboxylic acids is 2. The van der Waals surface area contributed by atoms with Gasteiger partial charge in [-0.05, 0) is 59.5 Å². The van der Waals surface area contributed by atoms with Crippen molar-refractivity contribution < 1.29 is 27.9 Å². The summed E-state index contributed by atoms with van der Waals surface area (Å²) in [5, 5.41) is 0. The predicted octanol–water partition coefficient (Wildman–Crippen LogP) is 3.91. The Kier molecular flexibility index (Phi) is 12.1. The highest BCUT2D eigenvalue weighted by atomic mass is 28.4. The van der Waals surface area contributed by atoms with Gasteiger partial charge >= 0.3 is 20.5 Å². The van der Waals surface area contributed by atoms with Crippen LogP contribution in [-0.2, 0) is 27.9 Å². The lowest BCUT2D eigenvalue weighted by Gasteiger charge is -2.30. The Bertz CT molecular complexity index is 490. The van der Waals surface area contributed by atoms with Gasteiger partial charge in [0.25, 0.3) is 0 Å². The molecule has 0 aliphatic rings. The lowest BCUT2D eigenvalue weighted by Crippen LogP contribution is -2.41. The highest BCUT2D eigenvalue weighted by Crippen LogP contribution is 2.20. The van der Waals surface area contributed by atoms with E-state index in [4.69, 9.17) is 18.3 Å². The van der Waals surface area contributed by atoms with Gasteiger partial charge in [0.05, 0.1) is 13.2 Å². The molecule has 0 spiro atoms. The Morgan fingerprint density at radius 2 is 1.50 bits per heavy atom. The van der Waals surface area contributed by atoms with E-state index >= 15 is 0 Å². The van der Waals surface area contributed by atoms with E-state index in [1.807, 2.05) is 20.4 Å². The van der Waals surface area contributed by atoms with E-state index in [1.54, 1.807) is 13.8 Å². The largest absolute Gasteiger partial charge is 0.462 e. The first-order valence-electron chi connectivity index (χ1n) is 9.08. The van der Waals surface area contributed by atoms with E-state index < -0.39 is 8.56 Å². The van der Waals surface area contributed by atoms with E-state index in [1.165, 1.54) is 0 Å². The summed E-state index contributed by atoms with van der Waals surface area (Å²) in [7, 11) is -2.35. The topological polar surface area (TPSA) is 71.1 Å². The fourth-order valence-corrected chi connectivity index (χ4v) is 4.99. The first-order valence-corrected chi connectivity index (χ1v) is 11.6. The van der Waals surface area contributed by atoms with E-state index in [9.17, 15) is 9.59 Å². The zero-order chi connectivity index (χ0) is 20.2. The summed E-state index contributed by atoms with van der Waals surface area (Å²) in [4.78, 5) is 22.7. The van der Waals surface area contributed by atoms with Crippen LogP contribution in [-0.4, -0.2) is 46.4 Å². The predicted molar refractivity (Wildman–Crippen MR) is 104 cm³/mol. The maximum absolute atomic E-state index is 11.4. The molecule has 0 aromatic carbocycles. The SMILES string of the molecule is C=C(C)C(=O)OCCCC(C)O[Si](C)(CCCOC(=O)C(=C)C)OCC. The van der Waals surface area contributed by atoms with Crippen molar-refractivity contribution in [1.82, 2.24) is 0 Å². The molecule has 6 nitrogen and oxygen atoms in total. The molecular formula is C19H34O6Si. The average molecular weight is 387 g/mol. The van der Waals surface area contributed by atoms with Gasteiger partial charge in [0.2, 0.25) is 0 Å². The Balaban J connectivity index is 4.23. The van der Waals surface area contributed by atoms with E-state index in [0.29, 0.717) is 43.8 Å². The average Bonchev–Trinajstić information content (AvgIpc) is 2.55. The monoisotopic (exact) mass is 386 g/mol. The number of hydrogen-bond acceptors (Lipinski definition) is 6. The summed E-state index contributed by atoms with van der Waals surface area (Å²) < 4.78 is 22.3. The smallest absolute Gasteiger partial charge is 0.335 e. The zero-order valence-corrected chi connectivity index (χ0v) is 17.9. The first-order chi connectivity index (χ1) is 12.1. The minimum Gasteiger partial charge on any atom is -0.462 e. The van der Waals surface area contributed by atoms with Crippen LogP contribution in [0.4, 0.5) is 0 Å². The summed E-state index contributed by atoms with van der Waals surface area (Å²) in [6.45, 7) is 17.6. The van der Waals surface area contributed by atoms with Crippen LogP contribution in [0.1, 0.15) is 47.0 Å². The molecule has 0 fully saturated rings. The zero-order valence-electron chi connectivity index (χ0n) is 16.9. The number of ether oxygens (including phenoxy) is 2. The minimum absolute atomic E-state index is 0.000262. The summed E-state index contributed by atoms with van der Waals surface area (Å²) in [6, 6.07) is 0.735. The van der Waals surface area contributed by atoms with Gasteiger partial charge in [-0.1, -0.05) is 13.2 Å². The lowest BCUT2D eigenvalue weighted by molar-refractivity contribution is -0.139. The highest BCUT2D eigenvalue weighted by Gasteiger charge is 2.32. The molecule has 2 atom stereocenters. The van der Waals surface area contributed by atoms with Gasteiger partial charge in [-0.3, -0.25) is 0 Å². The summed E-state index contributed by atoms with van der Waals surface area (Å²) in [6.07, 6.45) is 2.17. The number of rotatable bonds is 14. The maximum Gasteiger partial charge on any atom is 0.335 e. The second kappa shape index (κ2) is 12.8. The molecule has 150 valence electrons. The molecule has 0 amide bonds. The van der Waals surface area contributed by atoms with Gasteiger partial charge in [-0.2, -0.15) is 0 Å². The first kappa shape index (κ1) is 24.6. The van der Waals surface area contributed by atoms with Crippen LogP contribution in [0.15, 0.2) is 24.3 Å². The molecule has 0 radical (unpaired) electrons. The highest BCUT2D eigenvalue weighted by molar-refractivity contribution is 6.66. The van der Waals surface area contributed by atoms with Crippen molar-refractivity contribution in [2.24, 2.45) is 0 Å². The van der Waals surface area contributed by atoms with Crippen molar-refractivity contribution in [3.8, 4) is 0 Å². The molecule has 2 unspecified atom stereocenters. The Morgan fingerprint density at radius 1 is 1.00 bits per heavy atom. The van der Waals surface area contributed by atoms with Gasteiger partial charge in [0.15, 0.2) is 0 Å². The van der Waals surface area contributed by atoms with Crippen LogP contribution in [0, 0.1) is 0 Å². The standard InChI is InChI=1S/C19H34O6Si/c1-8-24-26(7,14-10-13-23-19(21)16(4)5)25-17(6)11-9-12-22-18(20)15(2)3/h17H,2,4,8-14H2,1,3,5-7H3. The Hall–Kier alpha value is -1.44. The second-order valence-electron chi connectivity index (χ2n) is 6.57. The number of esters is 2. The normalized spacial score (nSPS) is 14.2. The number of hydrogen-bond donors (Lipinski definition) is 0. The van der Waals surface area contributed by atoms with Crippen molar-refractivity contribution in [2.75, 3.05) is 19.8 Å². The van der Waals surface area contributed by atoms with E-state index in [2.05, 4.69) is 13.2 Å². The van der Waals surface area contributed by atoms with Crippen molar-refractivity contribution in [3.05, 3.63) is 24.3 Å². The van der Waals surface area contributed by atoms with Crippen LogP contribution >= 0.6 is 0 Å². The Labute approximate surface area is 158 Å². The fourth-order valence-electron chi connectivity index (χ4n) is 2.30. The van der Waals surface area contributed by atoms with Gasteiger partial charge in [0, 0.05) is 23.9 Å². The fraction of sp³-hybridized carbons (Fsp3) is 0.684. The lowest BCUT2D eigenvalue weighted by atomic mass is 10.2. The molecule has 0 aliphatic carbocycles. The van der Waals surface area contributed by atoms with Gasteiger partial charge in [-0.15, -0.1) is 0 Å². The second-order valence-corrected chi connectivity index (χ2v) is 9.87. The van der Waals surface area contributed by atoms with Crippen LogP contribution < -0.4 is 0 Å². The van der Waals surface area contributed by atoms with Crippen LogP contribution in [0.3, 0.4) is 0 Å². The van der Waals surface area contributed by atoms with Crippen LogP contribution in [0.2, 0.25) is 12.6 Å². The van der Waals surface area contributed by atoms with Crippen molar-refractivity contribution >= 4 is 20.5 Å². The molecule has 0 saturated carbocycles. The third kappa shape index (κ3) is 11.2. The van der Waals surface area contributed by atoms with Crippen molar-refractivity contribution in [2.45, 2.75) is 65.7 Å². The third-order valence-corrected chi connectivity index (χ3v) is 6.66.